The SMILES string of the molecule is NC(NC(NCc1cccc(-c2ccc3ccccc3c2)c1)c1c2ccccc2cc2ccc3ccccc3c12)c1ccccc1. The maximum atomic E-state index is 6.90. The molecule has 3 heteroatoms. The number of nitrogens with two attached hydrogens (primary N) is 1. The lowest BCUT2D eigenvalue weighted by atomic mass is 9.91. The van der Waals surface area contributed by atoms with E-state index in [2.05, 4.69) is 156 Å². The zero-order valence-corrected chi connectivity index (χ0v) is 25.5. The molecule has 4 N–H and O–H groups in total. The highest BCUT2D eigenvalue weighted by molar-refractivity contribution is 6.15. The fourth-order valence-electron chi connectivity index (χ4n) is 6.81. The molecule has 3 nitrogen and oxygen atoms in total. The van der Waals surface area contributed by atoms with Gasteiger partial charge in [-0.25, -0.2) is 0 Å². The minimum atomic E-state index is -0.369. The summed E-state index contributed by atoms with van der Waals surface area (Å²) in [6, 6.07) is 58.4. The number of rotatable bonds is 8. The van der Waals surface area contributed by atoms with E-state index in [1.54, 1.807) is 0 Å². The summed E-state index contributed by atoms with van der Waals surface area (Å²) in [6.45, 7) is 0.663. The first kappa shape index (κ1) is 28.2. The third kappa shape index (κ3) is 5.42. The van der Waals surface area contributed by atoms with Gasteiger partial charge in [-0.15, -0.1) is 0 Å². The van der Waals surface area contributed by atoms with Crippen LogP contribution >= 0.6 is 0 Å². The molecule has 0 aliphatic carbocycles. The highest BCUT2D eigenvalue weighted by Crippen LogP contribution is 2.37. The molecule has 0 aliphatic heterocycles. The van der Waals surface area contributed by atoms with Crippen molar-refractivity contribution in [1.82, 2.24) is 10.6 Å². The van der Waals surface area contributed by atoms with Crippen LogP contribution in [-0.2, 0) is 6.54 Å². The Hall–Kier alpha value is -5.32. The number of hydrogen-bond donors (Lipinski definition) is 3. The molecule has 0 heterocycles. The summed E-state index contributed by atoms with van der Waals surface area (Å²) in [6.07, 6.45) is -0.606. The van der Waals surface area contributed by atoms with Gasteiger partial charge in [0.25, 0.3) is 0 Å². The molecule has 0 amide bonds. The molecule has 0 saturated heterocycles. The van der Waals surface area contributed by atoms with Gasteiger partial charge >= 0.3 is 0 Å². The molecule has 2 atom stereocenters. The first-order valence-electron chi connectivity index (χ1n) is 15.9. The van der Waals surface area contributed by atoms with E-state index in [0.717, 1.165) is 5.56 Å². The predicted octanol–water partition coefficient (Wildman–Crippen LogP) is 10.0. The van der Waals surface area contributed by atoms with Gasteiger partial charge in [0.05, 0.1) is 12.3 Å². The van der Waals surface area contributed by atoms with E-state index < -0.39 is 0 Å². The number of nitrogens with one attached hydrogen (secondary N) is 2. The molecule has 0 aromatic heterocycles. The van der Waals surface area contributed by atoms with E-state index in [4.69, 9.17) is 5.73 Å². The van der Waals surface area contributed by atoms with Crippen LogP contribution in [0.3, 0.4) is 0 Å². The van der Waals surface area contributed by atoms with Gasteiger partial charge in [0.15, 0.2) is 0 Å². The lowest BCUT2D eigenvalue weighted by molar-refractivity contribution is 0.390. The van der Waals surface area contributed by atoms with Crippen molar-refractivity contribution in [2.75, 3.05) is 0 Å². The van der Waals surface area contributed by atoms with Gasteiger partial charge in [-0.2, -0.15) is 0 Å². The van der Waals surface area contributed by atoms with Crippen molar-refractivity contribution in [3.05, 3.63) is 180 Å². The van der Waals surface area contributed by atoms with Gasteiger partial charge in [0, 0.05) is 6.54 Å². The van der Waals surface area contributed by atoms with Gasteiger partial charge in [0.2, 0.25) is 0 Å². The summed E-state index contributed by atoms with van der Waals surface area (Å²) in [5.74, 6) is 0. The van der Waals surface area contributed by atoms with Gasteiger partial charge in [-0.05, 0) is 89.1 Å². The second-order valence-corrected chi connectivity index (χ2v) is 12.0. The Labute approximate surface area is 269 Å². The molecule has 222 valence electrons. The first-order chi connectivity index (χ1) is 22.7. The molecular formula is C43H35N3. The van der Waals surface area contributed by atoms with Crippen molar-refractivity contribution in [3.8, 4) is 11.1 Å². The summed E-state index contributed by atoms with van der Waals surface area (Å²) in [4.78, 5) is 0. The summed E-state index contributed by atoms with van der Waals surface area (Å²) in [7, 11) is 0. The molecule has 8 rings (SSSR count). The van der Waals surface area contributed by atoms with Crippen LogP contribution in [0.2, 0.25) is 0 Å². The van der Waals surface area contributed by atoms with Crippen molar-refractivity contribution in [2.24, 2.45) is 5.73 Å². The Balaban J connectivity index is 1.23. The molecule has 0 aliphatic rings. The predicted molar refractivity (Wildman–Crippen MR) is 194 cm³/mol. The quantitative estimate of drug-likeness (QED) is 0.0934. The van der Waals surface area contributed by atoms with Gasteiger partial charge < -0.3 is 5.73 Å². The van der Waals surface area contributed by atoms with Crippen molar-refractivity contribution in [3.63, 3.8) is 0 Å². The van der Waals surface area contributed by atoms with E-state index in [9.17, 15) is 0 Å². The minimum absolute atomic E-state index is 0.237. The van der Waals surface area contributed by atoms with Crippen molar-refractivity contribution in [2.45, 2.75) is 18.9 Å². The topological polar surface area (TPSA) is 50.1 Å². The largest absolute Gasteiger partial charge is 0.312 e. The average Bonchev–Trinajstić information content (AvgIpc) is 3.12. The Bertz CT molecular complexity index is 2330. The van der Waals surface area contributed by atoms with Crippen molar-refractivity contribution < 1.29 is 0 Å². The van der Waals surface area contributed by atoms with Gasteiger partial charge in [0.1, 0.15) is 0 Å². The maximum Gasteiger partial charge on any atom is 0.0864 e. The second-order valence-electron chi connectivity index (χ2n) is 12.0. The fourth-order valence-corrected chi connectivity index (χ4v) is 6.81. The molecule has 0 radical (unpaired) electrons. The molecule has 8 aromatic carbocycles. The molecule has 0 saturated carbocycles. The van der Waals surface area contributed by atoms with Gasteiger partial charge in [-0.1, -0.05) is 146 Å². The summed E-state index contributed by atoms with van der Waals surface area (Å²) >= 11 is 0. The highest BCUT2D eigenvalue weighted by atomic mass is 15.2. The molecule has 2 unspecified atom stereocenters. The van der Waals surface area contributed by atoms with E-state index in [0.29, 0.717) is 6.54 Å². The van der Waals surface area contributed by atoms with Crippen LogP contribution in [-0.4, -0.2) is 0 Å². The smallest absolute Gasteiger partial charge is 0.0864 e. The third-order valence-corrected chi connectivity index (χ3v) is 9.11. The standard InChI is InChI=1S/C43H35N3/c44-42(32-14-2-1-3-15-32)46-43(45-28-29-11-10-18-33(25-29)35-23-21-30-12-4-5-16-34(30)26-35)41-39-20-9-7-17-36(39)27-37-24-22-31-13-6-8-19-38(31)40(37)41/h1-27,42-43,45-46H,28,44H2. The third-order valence-electron chi connectivity index (χ3n) is 9.11. The van der Waals surface area contributed by atoms with Crippen LogP contribution in [0.5, 0.6) is 0 Å². The fraction of sp³-hybridized carbons (Fsp3) is 0.0698. The number of fused-ring (bicyclic) bond motifs is 5. The highest BCUT2D eigenvalue weighted by Gasteiger charge is 2.22. The van der Waals surface area contributed by atoms with Crippen LogP contribution in [0.1, 0.15) is 29.0 Å². The van der Waals surface area contributed by atoms with Crippen molar-refractivity contribution >= 4 is 43.1 Å². The number of hydrogen-bond acceptors (Lipinski definition) is 3. The monoisotopic (exact) mass is 593 g/mol. The first-order valence-corrected chi connectivity index (χ1v) is 15.9. The summed E-state index contributed by atoms with van der Waals surface area (Å²) in [5.41, 5.74) is 12.8. The molecule has 0 spiro atoms. The number of benzene rings is 8. The Morgan fingerprint density at radius 1 is 0.478 bits per heavy atom. The average molecular weight is 594 g/mol. The zero-order chi connectivity index (χ0) is 30.9. The van der Waals surface area contributed by atoms with Crippen LogP contribution in [0.4, 0.5) is 0 Å². The van der Waals surface area contributed by atoms with Crippen molar-refractivity contribution in [1.29, 1.82) is 0 Å². The zero-order valence-electron chi connectivity index (χ0n) is 25.5. The summed E-state index contributed by atoms with van der Waals surface area (Å²) < 4.78 is 0. The second kappa shape index (κ2) is 12.2. The Kier molecular flexibility index (Phi) is 7.49. The van der Waals surface area contributed by atoms with Crippen LogP contribution < -0.4 is 16.4 Å². The molecule has 0 fully saturated rings. The van der Waals surface area contributed by atoms with Crippen LogP contribution in [0, 0.1) is 0 Å². The maximum absolute atomic E-state index is 6.90. The summed E-state index contributed by atoms with van der Waals surface area (Å²) in [5, 5.41) is 17.6. The van der Waals surface area contributed by atoms with E-state index >= 15 is 0 Å². The normalized spacial score (nSPS) is 13.0. The van der Waals surface area contributed by atoms with Crippen LogP contribution in [0.15, 0.2) is 164 Å². The van der Waals surface area contributed by atoms with Crippen LogP contribution in [0.25, 0.3) is 54.2 Å². The Morgan fingerprint density at radius 3 is 1.98 bits per heavy atom. The minimum Gasteiger partial charge on any atom is -0.312 e. The van der Waals surface area contributed by atoms with E-state index in [1.165, 1.54) is 65.3 Å². The lowest BCUT2D eigenvalue weighted by Gasteiger charge is -2.28. The van der Waals surface area contributed by atoms with E-state index in [-0.39, 0.29) is 12.3 Å². The van der Waals surface area contributed by atoms with E-state index in [1.807, 2.05) is 18.2 Å². The molecule has 0 bridgehead atoms. The molecule has 8 aromatic rings. The Morgan fingerprint density at radius 2 is 1.13 bits per heavy atom. The lowest BCUT2D eigenvalue weighted by Crippen LogP contribution is -2.40. The van der Waals surface area contributed by atoms with Gasteiger partial charge in [-0.3, -0.25) is 10.6 Å². The molecular weight excluding hydrogens is 558 g/mol. The molecule has 46 heavy (non-hydrogen) atoms.